The Balaban J connectivity index is 2.43. The molecule has 0 spiro atoms. The molecular weight excluding hydrogens is 246 g/mol. The lowest BCUT2D eigenvalue weighted by Crippen LogP contribution is -2.16. The van der Waals surface area contributed by atoms with E-state index in [2.05, 4.69) is 4.98 Å². The predicted octanol–water partition coefficient (Wildman–Crippen LogP) is 3.06. The van der Waals surface area contributed by atoms with Crippen LogP contribution < -0.4 is 5.73 Å². The first-order valence-electron chi connectivity index (χ1n) is 4.90. The van der Waals surface area contributed by atoms with Gasteiger partial charge in [0.15, 0.2) is 0 Å². The number of pyridine rings is 1. The second-order valence-corrected chi connectivity index (χ2v) is 3.95. The average molecular weight is 255 g/mol. The molecule has 1 unspecified atom stereocenters. The van der Waals surface area contributed by atoms with Gasteiger partial charge in [-0.1, -0.05) is 17.7 Å². The number of halogens is 3. The molecule has 5 heteroatoms. The van der Waals surface area contributed by atoms with E-state index in [-0.39, 0.29) is 5.56 Å². The van der Waals surface area contributed by atoms with Gasteiger partial charge in [0.2, 0.25) is 0 Å². The maximum absolute atomic E-state index is 13.5. The Labute approximate surface area is 102 Å². The molecule has 1 aromatic heterocycles. The summed E-state index contributed by atoms with van der Waals surface area (Å²) in [5.41, 5.74) is 5.95. The van der Waals surface area contributed by atoms with Crippen LogP contribution in [0.5, 0.6) is 0 Å². The zero-order chi connectivity index (χ0) is 12.4. The Morgan fingerprint density at radius 3 is 2.29 bits per heavy atom. The van der Waals surface area contributed by atoms with E-state index in [0.717, 1.165) is 12.1 Å². The molecule has 1 atom stereocenters. The number of benzene rings is 1. The van der Waals surface area contributed by atoms with Crippen LogP contribution in [0.15, 0.2) is 36.5 Å². The number of hydrogen-bond donors (Lipinski definition) is 1. The van der Waals surface area contributed by atoms with Crippen LogP contribution >= 0.6 is 11.6 Å². The normalized spacial score (nSPS) is 12.5. The Morgan fingerprint density at radius 1 is 1.12 bits per heavy atom. The molecule has 17 heavy (non-hydrogen) atoms. The largest absolute Gasteiger partial charge is 0.319 e. The lowest BCUT2D eigenvalue weighted by molar-refractivity contribution is 0.541. The molecule has 2 aromatic rings. The van der Waals surface area contributed by atoms with Crippen molar-refractivity contribution in [3.63, 3.8) is 0 Å². The summed E-state index contributed by atoms with van der Waals surface area (Å²) in [5.74, 6) is -1.37. The first kappa shape index (κ1) is 12.0. The summed E-state index contributed by atoms with van der Waals surface area (Å²) in [5, 5.41) is 0.440. The summed E-state index contributed by atoms with van der Waals surface area (Å²) < 4.78 is 27.0. The highest BCUT2D eigenvalue weighted by molar-refractivity contribution is 6.30. The van der Waals surface area contributed by atoms with Crippen molar-refractivity contribution in [1.29, 1.82) is 0 Å². The monoisotopic (exact) mass is 254 g/mol. The molecule has 1 aromatic carbocycles. The van der Waals surface area contributed by atoms with Crippen LogP contribution in [0.1, 0.15) is 17.3 Å². The van der Waals surface area contributed by atoms with Crippen molar-refractivity contribution in [2.45, 2.75) is 6.04 Å². The van der Waals surface area contributed by atoms with Crippen molar-refractivity contribution >= 4 is 11.6 Å². The summed E-state index contributed by atoms with van der Waals surface area (Å²) >= 11 is 5.67. The molecule has 2 nitrogen and oxygen atoms in total. The van der Waals surface area contributed by atoms with Gasteiger partial charge in [-0.2, -0.15) is 0 Å². The number of nitrogens with zero attached hydrogens (tertiary/aromatic N) is 1. The fourth-order valence-electron chi connectivity index (χ4n) is 1.53. The van der Waals surface area contributed by atoms with Gasteiger partial charge >= 0.3 is 0 Å². The molecule has 0 aliphatic carbocycles. The fraction of sp³-hybridized carbons (Fsp3) is 0.0833. The third kappa shape index (κ3) is 2.43. The smallest absolute Gasteiger partial charge is 0.131 e. The van der Waals surface area contributed by atoms with E-state index in [1.807, 2.05) is 0 Å². The van der Waals surface area contributed by atoms with Crippen LogP contribution in [0, 0.1) is 11.6 Å². The van der Waals surface area contributed by atoms with E-state index >= 15 is 0 Å². The minimum Gasteiger partial charge on any atom is -0.319 e. The third-order valence-electron chi connectivity index (χ3n) is 2.38. The van der Waals surface area contributed by atoms with Crippen molar-refractivity contribution in [1.82, 2.24) is 4.98 Å². The second-order valence-electron chi connectivity index (χ2n) is 3.51. The number of rotatable bonds is 2. The predicted molar refractivity (Wildman–Crippen MR) is 61.6 cm³/mol. The van der Waals surface area contributed by atoms with E-state index < -0.39 is 17.7 Å². The Morgan fingerprint density at radius 2 is 1.76 bits per heavy atom. The second kappa shape index (κ2) is 4.77. The van der Waals surface area contributed by atoms with Crippen molar-refractivity contribution in [2.24, 2.45) is 5.73 Å². The van der Waals surface area contributed by atoms with E-state index in [0.29, 0.717) is 10.7 Å². The fourth-order valence-corrected chi connectivity index (χ4v) is 1.64. The van der Waals surface area contributed by atoms with Gasteiger partial charge in [-0.15, -0.1) is 0 Å². The van der Waals surface area contributed by atoms with Gasteiger partial charge in [-0.3, -0.25) is 4.98 Å². The minimum absolute atomic E-state index is 0.192. The Kier molecular flexibility index (Phi) is 3.36. The van der Waals surface area contributed by atoms with Crippen LogP contribution in [0.2, 0.25) is 5.02 Å². The van der Waals surface area contributed by atoms with Crippen LogP contribution in [-0.2, 0) is 0 Å². The van der Waals surface area contributed by atoms with Crippen molar-refractivity contribution in [2.75, 3.05) is 0 Å². The molecule has 0 saturated carbocycles. The highest BCUT2D eigenvalue weighted by Crippen LogP contribution is 2.24. The molecular formula is C12H9ClF2N2. The molecule has 0 saturated heterocycles. The summed E-state index contributed by atoms with van der Waals surface area (Å²) in [6.45, 7) is 0. The van der Waals surface area contributed by atoms with E-state index in [4.69, 9.17) is 17.3 Å². The van der Waals surface area contributed by atoms with Crippen LogP contribution in [0.25, 0.3) is 0 Å². The van der Waals surface area contributed by atoms with Gasteiger partial charge in [-0.25, -0.2) is 8.78 Å². The first-order valence-corrected chi connectivity index (χ1v) is 5.28. The van der Waals surface area contributed by atoms with Gasteiger partial charge in [0.05, 0.1) is 16.8 Å². The van der Waals surface area contributed by atoms with Gasteiger partial charge in [0.25, 0.3) is 0 Å². The molecule has 2 N–H and O–H groups in total. The average Bonchev–Trinajstić information content (AvgIpc) is 2.29. The van der Waals surface area contributed by atoms with Crippen molar-refractivity contribution in [3.8, 4) is 0 Å². The van der Waals surface area contributed by atoms with Gasteiger partial charge in [-0.05, 0) is 24.3 Å². The Bertz CT molecular complexity index is 508. The molecule has 0 amide bonds. The molecule has 0 radical (unpaired) electrons. The molecule has 1 heterocycles. The molecule has 0 aliphatic rings. The molecule has 0 fully saturated rings. The summed E-state index contributed by atoms with van der Waals surface area (Å²) in [4.78, 5) is 3.95. The van der Waals surface area contributed by atoms with E-state index in [9.17, 15) is 8.78 Å². The number of nitrogens with two attached hydrogens (primary N) is 1. The first-order chi connectivity index (χ1) is 8.09. The van der Waals surface area contributed by atoms with E-state index in [1.165, 1.54) is 12.3 Å². The molecule has 88 valence electrons. The zero-order valence-electron chi connectivity index (χ0n) is 8.70. The third-order valence-corrected chi connectivity index (χ3v) is 2.60. The number of hydrogen-bond acceptors (Lipinski definition) is 2. The van der Waals surface area contributed by atoms with Crippen LogP contribution in [0.3, 0.4) is 0 Å². The maximum atomic E-state index is 13.5. The van der Waals surface area contributed by atoms with Crippen molar-refractivity contribution < 1.29 is 8.78 Å². The number of aromatic nitrogens is 1. The summed E-state index contributed by atoms with van der Waals surface area (Å²) in [7, 11) is 0. The summed E-state index contributed by atoms with van der Waals surface area (Å²) in [6, 6.07) is 5.77. The van der Waals surface area contributed by atoms with Crippen molar-refractivity contribution in [3.05, 3.63) is 64.4 Å². The Hall–Kier alpha value is -1.52. The lowest BCUT2D eigenvalue weighted by atomic mass is 10.0. The molecule has 0 aliphatic heterocycles. The lowest BCUT2D eigenvalue weighted by Gasteiger charge is -2.13. The van der Waals surface area contributed by atoms with Gasteiger partial charge < -0.3 is 5.73 Å². The standard InChI is InChI=1S/C12H9ClF2N2/c13-7-4-5-10(17-6-7)12(16)11-8(14)2-1-3-9(11)15/h1-6,12H,16H2. The van der Waals surface area contributed by atoms with Gasteiger partial charge in [0.1, 0.15) is 11.6 Å². The topological polar surface area (TPSA) is 38.9 Å². The van der Waals surface area contributed by atoms with E-state index in [1.54, 1.807) is 12.1 Å². The quantitative estimate of drug-likeness (QED) is 0.895. The highest BCUT2D eigenvalue weighted by atomic mass is 35.5. The SMILES string of the molecule is NC(c1ccc(Cl)cn1)c1c(F)cccc1F. The van der Waals surface area contributed by atoms with Gasteiger partial charge in [0, 0.05) is 11.8 Å². The molecule has 0 bridgehead atoms. The van der Waals surface area contributed by atoms with Crippen LogP contribution in [0.4, 0.5) is 8.78 Å². The maximum Gasteiger partial charge on any atom is 0.131 e. The zero-order valence-corrected chi connectivity index (χ0v) is 9.46. The highest BCUT2D eigenvalue weighted by Gasteiger charge is 2.18. The summed E-state index contributed by atoms with van der Waals surface area (Å²) in [6.07, 6.45) is 1.38. The van der Waals surface area contributed by atoms with Crippen LogP contribution in [-0.4, -0.2) is 4.98 Å². The minimum atomic E-state index is -0.950. The molecule has 2 rings (SSSR count).